The van der Waals surface area contributed by atoms with Crippen LogP contribution in [-0.4, -0.2) is 68.5 Å². The summed E-state index contributed by atoms with van der Waals surface area (Å²) in [6.07, 6.45) is 62.0. The highest BCUT2D eigenvalue weighted by molar-refractivity contribution is 7.45. The van der Waals surface area contributed by atoms with Crippen LogP contribution in [0.25, 0.3) is 0 Å². The van der Waals surface area contributed by atoms with Crippen molar-refractivity contribution < 1.29 is 32.9 Å². The van der Waals surface area contributed by atoms with E-state index < -0.39 is 26.6 Å². The minimum Gasteiger partial charge on any atom is -0.756 e. The highest BCUT2D eigenvalue weighted by Gasteiger charge is 2.23. The molecule has 0 aliphatic rings. The lowest BCUT2D eigenvalue weighted by atomic mass is 10.0. The maximum absolute atomic E-state index is 12.9. The van der Waals surface area contributed by atoms with E-state index in [0.29, 0.717) is 17.4 Å². The number of amides is 1. The Bertz CT molecular complexity index is 1300. The van der Waals surface area contributed by atoms with E-state index in [-0.39, 0.29) is 12.5 Å². The van der Waals surface area contributed by atoms with Gasteiger partial charge in [-0.25, -0.2) is 0 Å². The Labute approximate surface area is 388 Å². The van der Waals surface area contributed by atoms with Crippen molar-refractivity contribution >= 4 is 13.7 Å². The summed E-state index contributed by atoms with van der Waals surface area (Å²) in [6.45, 7) is 4.51. The molecule has 0 fully saturated rings. The molecule has 0 saturated carbocycles. The molecule has 63 heavy (non-hydrogen) atoms. The van der Waals surface area contributed by atoms with E-state index in [9.17, 15) is 19.4 Å². The van der Waals surface area contributed by atoms with Crippen LogP contribution in [0, 0.1) is 0 Å². The molecule has 0 aliphatic carbocycles. The molecule has 1 amide bonds. The summed E-state index contributed by atoms with van der Waals surface area (Å²) in [5.41, 5.74) is 0. The standard InChI is InChI=1S/C54H97N2O6P/c1-6-8-10-12-14-16-18-20-22-24-26-27-28-29-30-32-34-36-38-40-42-44-46-48-54(58)55-52(51-62-63(59,60)61-50-49-56(3,4)5)53(57)47-45-43-41-39-37-35-33-31-25-23-21-19-17-15-13-11-9-7-2/h8,10,14,16,20,22,26-27,29-30,34,36,45,47,52-53,57H,6-7,9,11-13,15,17-19,21,23-25,28,31-33,35,37-44,46,48-51H2,1-5H3,(H-,55,58,59,60)/b10-8-,16-14-,22-20-,27-26-,30-29-,36-34-,47-45+. The van der Waals surface area contributed by atoms with Crippen LogP contribution in [0.15, 0.2) is 85.1 Å². The van der Waals surface area contributed by atoms with Gasteiger partial charge in [-0.1, -0.05) is 208 Å². The van der Waals surface area contributed by atoms with Crippen molar-refractivity contribution in [1.29, 1.82) is 0 Å². The van der Waals surface area contributed by atoms with Crippen molar-refractivity contribution in [3.05, 3.63) is 85.1 Å². The van der Waals surface area contributed by atoms with E-state index in [4.69, 9.17) is 9.05 Å². The maximum Gasteiger partial charge on any atom is 0.268 e. The number of likely N-dealkylation sites (N-methyl/N-ethyl adjacent to an activating group) is 1. The molecule has 0 aromatic rings. The molecule has 0 aliphatic heterocycles. The SMILES string of the molecule is CC/C=C\C/C=C\C/C=C\C/C=C\C/C=C\C/C=C\CCCCCCC(=O)NC(COP(=O)([O-])OCC[N+](C)(C)C)C(O)/C=C/CCCCCCCCCCCCCCCCCC. The molecule has 0 saturated heterocycles. The van der Waals surface area contributed by atoms with E-state index in [2.05, 4.69) is 92.1 Å². The second-order valence-electron chi connectivity index (χ2n) is 18.1. The molecule has 0 rings (SSSR count). The number of unbranched alkanes of at least 4 members (excludes halogenated alkanes) is 20. The van der Waals surface area contributed by atoms with Crippen molar-refractivity contribution in [3.8, 4) is 0 Å². The van der Waals surface area contributed by atoms with Gasteiger partial charge in [0.25, 0.3) is 7.82 Å². The summed E-state index contributed by atoms with van der Waals surface area (Å²) in [5.74, 6) is -0.225. The summed E-state index contributed by atoms with van der Waals surface area (Å²) in [5, 5.41) is 13.8. The van der Waals surface area contributed by atoms with Gasteiger partial charge >= 0.3 is 0 Å². The first-order chi connectivity index (χ1) is 30.5. The number of quaternary nitrogens is 1. The molecule has 0 spiro atoms. The van der Waals surface area contributed by atoms with Gasteiger partial charge in [-0.15, -0.1) is 0 Å². The molecule has 3 atom stereocenters. The monoisotopic (exact) mass is 901 g/mol. The van der Waals surface area contributed by atoms with Crippen molar-refractivity contribution in [2.75, 3.05) is 40.9 Å². The molecule has 3 unspecified atom stereocenters. The number of nitrogens with one attached hydrogen (secondary N) is 1. The van der Waals surface area contributed by atoms with Crippen LogP contribution < -0.4 is 10.2 Å². The average molecular weight is 901 g/mol. The molecule has 9 heteroatoms. The normalized spacial score (nSPS) is 14.8. The van der Waals surface area contributed by atoms with Crippen LogP contribution in [0.1, 0.15) is 200 Å². The Morgan fingerprint density at radius 3 is 1.41 bits per heavy atom. The molecular formula is C54H97N2O6P. The summed E-state index contributed by atoms with van der Waals surface area (Å²) in [7, 11) is 1.23. The Balaban J connectivity index is 4.41. The molecule has 2 N–H and O–H groups in total. The summed E-state index contributed by atoms with van der Waals surface area (Å²) >= 11 is 0. The zero-order chi connectivity index (χ0) is 46.4. The number of aliphatic hydroxyl groups is 1. The Hall–Kier alpha value is -2.32. The van der Waals surface area contributed by atoms with Gasteiger partial charge in [0.05, 0.1) is 39.9 Å². The molecule has 364 valence electrons. The average Bonchev–Trinajstić information content (AvgIpc) is 3.24. The first-order valence-corrected chi connectivity index (χ1v) is 26.9. The van der Waals surface area contributed by atoms with Gasteiger partial charge in [0.1, 0.15) is 13.2 Å². The second kappa shape index (κ2) is 44.9. The van der Waals surface area contributed by atoms with Crippen molar-refractivity contribution in [1.82, 2.24) is 5.32 Å². The number of rotatable bonds is 45. The first-order valence-electron chi connectivity index (χ1n) is 25.4. The van der Waals surface area contributed by atoms with Crippen LogP contribution >= 0.6 is 7.82 Å². The Kier molecular flexibility index (Phi) is 43.2. The zero-order valence-electron chi connectivity index (χ0n) is 41.2. The van der Waals surface area contributed by atoms with Crippen LogP contribution in [0.4, 0.5) is 0 Å². The third-order valence-electron chi connectivity index (χ3n) is 10.9. The van der Waals surface area contributed by atoms with E-state index in [1.54, 1.807) is 6.08 Å². The lowest BCUT2D eigenvalue weighted by Gasteiger charge is -2.29. The molecule has 0 aromatic carbocycles. The quantitative estimate of drug-likeness (QED) is 0.0273. The maximum atomic E-state index is 12.9. The number of nitrogens with zero attached hydrogens (tertiary/aromatic N) is 1. The van der Waals surface area contributed by atoms with Gasteiger partial charge in [0, 0.05) is 6.42 Å². The molecule has 8 nitrogen and oxygen atoms in total. The third kappa shape index (κ3) is 47.5. The highest BCUT2D eigenvalue weighted by atomic mass is 31.2. The lowest BCUT2D eigenvalue weighted by Crippen LogP contribution is -2.45. The molecule has 0 bridgehead atoms. The predicted molar refractivity (Wildman–Crippen MR) is 270 cm³/mol. The third-order valence-corrected chi connectivity index (χ3v) is 11.8. The van der Waals surface area contributed by atoms with Crippen LogP contribution in [0.5, 0.6) is 0 Å². The zero-order valence-corrected chi connectivity index (χ0v) is 42.1. The van der Waals surface area contributed by atoms with E-state index in [1.165, 1.54) is 89.9 Å². The Morgan fingerprint density at radius 2 is 0.968 bits per heavy atom. The fraction of sp³-hybridized carbons (Fsp3) is 0.722. The van der Waals surface area contributed by atoms with Gasteiger partial charge in [0.2, 0.25) is 5.91 Å². The number of carbonyl (C=O) groups is 1. The van der Waals surface area contributed by atoms with Gasteiger partial charge in [-0.05, 0) is 70.6 Å². The smallest absolute Gasteiger partial charge is 0.268 e. The Morgan fingerprint density at radius 1 is 0.571 bits per heavy atom. The van der Waals surface area contributed by atoms with E-state index in [0.717, 1.165) is 89.9 Å². The van der Waals surface area contributed by atoms with Gasteiger partial charge < -0.3 is 28.8 Å². The fourth-order valence-corrected chi connectivity index (χ4v) is 7.58. The number of hydrogen-bond donors (Lipinski definition) is 2. The molecule has 0 heterocycles. The topological polar surface area (TPSA) is 108 Å². The molecule has 0 aromatic heterocycles. The number of phosphoric ester groups is 1. The van der Waals surface area contributed by atoms with Gasteiger partial charge in [-0.2, -0.15) is 0 Å². The predicted octanol–water partition coefficient (Wildman–Crippen LogP) is 14.3. The number of allylic oxidation sites excluding steroid dienone is 13. The minimum atomic E-state index is -4.61. The summed E-state index contributed by atoms with van der Waals surface area (Å²) in [6, 6.07) is -0.906. The van der Waals surface area contributed by atoms with Crippen molar-refractivity contribution in [2.24, 2.45) is 0 Å². The lowest BCUT2D eigenvalue weighted by molar-refractivity contribution is -0.870. The largest absolute Gasteiger partial charge is 0.756 e. The van der Waals surface area contributed by atoms with Gasteiger partial charge in [0.15, 0.2) is 0 Å². The first kappa shape index (κ1) is 60.7. The number of aliphatic hydroxyl groups excluding tert-OH is 1. The van der Waals surface area contributed by atoms with E-state index >= 15 is 0 Å². The number of phosphoric acid groups is 1. The van der Waals surface area contributed by atoms with Crippen molar-refractivity contribution in [2.45, 2.75) is 212 Å². The highest BCUT2D eigenvalue weighted by Crippen LogP contribution is 2.38. The van der Waals surface area contributed by atoms with Gasteiger partial charge in [-0.3, -0.25) is 9.36 Å². The van der Waals surface area contributed by atoms with Crippen LogP contribution in [0.2, 0.25) is 0 Å². The summed E-state index contributed by atoms with van der Waals surface area (Å²) in [4.78, 5) is 25.4. The number of carbonyl (C=O) groups excluding carboxylic acids is 1. The summed E-state index contributed by atoms with van der Waals surface area (Å²) < 4.78 is 23.3. The molecular weight excluding hydrogens is 804 g/mol. The molecule has 0 radical (unpaired) electrons. The second-order valence-corrected chi connectivity index (χ2v) is 19.6. The fourth-order valence-electron chi connectivity index (χ4n) is 6.86. The van der Waals surface area contributed by atoms with Crippen LogP contribution in [0.3, 0.4) is 0 Å². The minimum absolute atomic E-state index is 0.0108. The number of hydrogen-bond acceptors (Lipinski definition) is 6. The van der Waals surface area contributed by atoms with Crippen LogP contribution in [-0.2, 0) is 18.4 Å². The van der Waals surface area contributed by atoms with E-state index in [1.807, 2.05) is 27.2 Å². The van der Waals surface area contributed by atoms with Crippen molar-refractivity contribution in [3.63, 3.8) is 0 Å².